The molecule has 15 heteroatoms. The molecular formula is C21H27F3N6O5S. The molecular weight excluding hydrogens is 505 g/mol. The van der Waals surface area contributed by atoms with Crippen LogP contribution in [0.5, 0.6) is 0 Å². The zero-order chi connectivity index (χ0) is 27.1. The number of carbonyl (C=O) groups excluding carboxylic acids is 1. The van der Waals surface area contributed by atoms with Crippen molar-refractivity contribution < 1.29 is 36.3 Å². The molecule has 6 N–H and O–H groups in total. The number of rotatable bonds is 11. The van der Waals surface area contributed by atoms with Crippen molar-refractivity contribution in [1.29, 1.82) is 0 Å². The summed E-state index contributed by atoms with van der Waals surface area (Å²) < 4.78 is 61.0. The van der Waals surface area contributed by atoms with Gasteiger partial charge >= 0.3 is 11.5 Å². The smallest absolute Gasteiger partial charge is 0.480 e. The summed E-state index contributed by atoms with van der Waals surface area (Å²) in [5, 5.41) is 11.8. The predicted octanol–water partition coefficient (Wildman–Crippen LogP) is 1.05. The van der Waals surface area contributed by atoms with Crippen molar-refractivity contribution >= 4 is 46.2 Å². The van der Waals surface area contributed by atoms with Gasteiger partial charge in [-0.2, -0.15) is 13.2 Å². The Morgan fingerprint density at radius 1 is 1.22 bits per heavy atom. The molecule has 4 atom stereocenters. The standard InChI is InChI=1S/C21H27F3N6O5S/c1-27-9-12-8-14(28-11-18(31)32)4-7-17(12)29-10-16(20(26)33)19(25)30-13-2-5-15(6-3-13)36(34,35)21(22,23)24/h2-3,5-6,10,12,14,16-17,28H,1,4,7-9,11H2,(H2,25,30)(H2,26,33)(H,31,32). The lowest BCUT2D eigenvalue weighted by atomic mass is 9.81. The fraction of sp³-hybridized carbons (Fsp3) is 0.476. The van der Waals surface area contributed by atoms with Crippen molar-refractivity contribution in [1.82, 2.24) is 5.32 Å². The number of hydrogen-bond donors (Lipinski definition) is 4. The van der Waals surface area contributed by atoms with Gasteiger partial charge < -0.3 is 26.9 Å². The monoisotopic (exact) mass is 532 g/mol. The van der Waals surface area contributed by atoms with Crippen LogP contribution in [0.3, 0.4) is 0 Å². The van der Waals surface area contributed by atoms with Crippen LogP contribution in [0.4, 0.5) is 18.9 Å². The van der Waals surface area contributed by atoms with Crippen LogP contribution in [0.2, 0.25) is 0 Å². The summed E-state index contributed by atoms with van der Waals surface area (Å²) in [6.45, 7) is 3.68. The fourth-order valence-corrected chi connectivity index (χ4v) is 4.53. The molecule has 1 amide bonds. The summed E-state index contributed by atoms with van der Waals surface area (Å²) in [4.78, 5) is 34.1. The van der Waals surface area contributed by atoms with Crippen molar-refractivity contribution in [2.75, 3.05) is 13.1 Å². The van der Waals surface area contributed by atoms with Crippen LogP contribution < -0.4 is 16.8 Å². The van der Waals surface area contributed by atoms with Gasteiger partial charge in [-0.3, -0.25) is 14.6 Å². The molecule has 1 fully saturated rings. The summed E-state index contributed by atoms with van der Waals surface area (Å²) >= 11 is 0. The Hall–Kier alpha value is -3.33. The first-order valence-corrected chi connectivity index (χ1v) is 12.2. The highest BCUT2D eigenvalue weighted by atomic mass is 32.2. The van der Waals surface area contributed by atoms with Gasteiger partial charge in [-0.1, -0.05) is 0 Å². The maximum absolute atomic E-state index is 12.7. The number of aliphatic imine (C=N–C) groups is 3. The molecule has 0 aliphatic heterocycles. The number of amidine groups is 1. The van der Waals surface area contributed by atoms with Gasteiger partial charge in [-0.15, -0.1) is 0 Å². The number of aliphatic carboxylic acids is 1. The van der Waals surface area contributed by atoms with E-state index in [-0.39, 0.29) is 36.1 Å². The zero-order valence-electron chi connectivity index (χ0n) is 19.1. The number of carboxylic acid groups (broad SMARTS) is 1. The van der Waals surface area contributed by atoms with Crippen LogP contribution in [-0.4, -0.2) is 74.9 Å². The van der Waals surface area contributed by atoms with Crippen molar-refractivity contribution in [3.8, 4) is 0 Å². The van der Waals surface area contributed by atoms with Gasteiger partial charge in [0.05, 0.1) is 23.2 Å². The number of sulfone groups is 1. The molecule has 0 spiro atoms. The van der Waals surface area contributed by atoms with Gasteiger partial charge in [0.1, 0.15) is 11.8 Å². The molecule has 0 saturated heterocycles. The van der Waals surface area contributed by atoms with E-state index in [0.717, 1.165) is 24.3 Å². The molecule has 2 rings (SSSR count). The van der Waals surface area contributed by atoms with E-state index in [0.29, 0.717) is 25.8 Å². The third-order valence-corrected chi connectivity index (χ3v) is 7.11. The number of nitrogens with one attached hydrogen (secondary N) is 1. The van der Waals surface area contributed by atoms with Crippen LogP contribution in [0, 0.1) is 11.8 Å². The second-order valence-electron chi connectivity index (χ2n) is 8.18. The molecule has 11 nitrogen and oxygen atoms in total. The number of nitrogens with two attached hydrogens (primary N) is 2. The Bertz CT molecular complexity index is 1120. The molecule has 0 radical (unpaired) electrons. The lowest BCUT2D eigenvalue weighted by Crippen LogP contribution is -2.42. The molecule has 0 aromatic heterocycles. The molecule has 36 heavy (non-hydrogen) atoms. The third-order valence-electron chi connectivity index (χ3n) is 5.61. The Kier molecular flexibility index (Phi) is 9.69. The number of halogens is 3. The molecule has 1 aliphatic rings. The van der Waals surface area contributed by atoms with Crippen LogP contribution in [-0.2, 0) is 19.4 Å². The molecule has 4 unspecified atom stereocenters. The Morgan fingerprint density at radius 2 is 1.86 bits per heavy atom. The SMILES string of the molecule is C=NCC1CC(NCC(=O)O)CCC1N=CC(C(N)=O)C(N)=Nc1ccc(S(=O)(=O)C(F)(F)F)cc1. The average molecular weight is 533 g/mol. The highest BCUT2D eigenvalue weighted by Gasteiger charge is 2.46. The number of primary amides is 1. The van der Waals surface area contributed by atoms with Crippen LogP contribution >= 0.6 is 0 Å². The number of amides is 1. The van der Waals surface area contributed by atoms with Crippen molar-refractivity contribution in [3.05, 3.63) is 24.3 Å². The van der Waals surface area contributed by atoms with E-state index in [9.17, 15) is 31.2 Å². The molecule has 0 heterocycles. The highest BCUT2D eigenvalue weighted by Crippen LogP contribution is 2.31. The van der Waals surface area contributed by atoms with Crippen molar-refractivity contribution in [2.45, 2.75) is 41.7 Å². The van der Waals surface area contributed by atoms with E-state index in [1.165, 1.54) is 6.21 Å². The summed E-state index contributed by atoms with van der Waals surface area (Å²) in [5.41, 5.74) is 5.90. The summed E-state index contributed by atoms with van der Waals surface area (Å²) in [6.07, 6.45) is 3.05. The third kappa shape index (κ3) is 7.58. The summed E-state index contributed by atoms with van der Waals surface area (Å²) in [5.74, 6) is -3.43. The first kappa shape index (κ1) is 28.9. The Morgan fingerprint density at radius 3 is 2.39 bits per heavy atom. The molecule has 1 aromatic rings. The lowest BCUT2D eigenvalue weighted by molar-refractivity contribution is -0.136. The zero-order valence-corrected chi connectivity index (χ0v) is 19.9. The first-order chi connectivity index (χ1) is 16.8. The van der Waals surface area contributed by atoms with Gasteiger partial charge in [0, 0.05) is 24.7 Å². The maximum Gasteiger partial charge on any atom is 0.501 e. The van der Waals surface area contributed by atoms with E-state index in [4.69, 9.17) is 16.6 Å². The van der Waals surface area contributed by atoms with Gasteiger partial charge in [-0.25, -0.2) is 13.4 Å². The fourth-order valence-electron chi connectivity index (χ4n) is 3.77. The number of hydrogen-bond acceptors (Lipinski definition) is 8. The largest absolute Gasteiger partial charge is 0.501 e. The van der Waals surface area contributed by atoms with Gasteiger partial charge in [-0.05, 0) is 50.2 Å². The van der Waals surface area contributed by atoms with Crippen LogP contribution in [0.25, 0.3) is 0 Å². The van der Waals surface area contributed by atoms with E-state index < -0.39 is 38.0 Å². The van der Waals surface area contributed by atoms with E-state index in [2.05, 4.69) is 27.0 Å². The molecule has 1 aromatic carbocycles. The molecule has 1 aliphatic carbocycles. The second kappa shape index (κ2) is 12.1. The minimum atomic E-state index is -5.52. The quantitative estimate of drug-likeness (QED) is 0.242. The summed E-state index contributed by atoms with van der Waals surface area (Å²) in [7, 11) is -5.52. The second-order valence-corrected chi connectivity index (χ2v) is 10.1. The number of carboxylic acids is 1. The van der Waals surface area contributed by atoms with E-state index in [1.807, 2.05) is 0 Å². The number of nitrogens with zero attached hydrogens (tertiary/aromatic N) is 3. The maximum atomic E-state index is 12.7. The molecule has 1 saturated carbocycles. The van der Waals surface area contributed by atoms with Crippen molar-refractivity contribution in [3.63, 3.8) is 0 Å². The number of carbonyl (C=O) groups is 2. The Labute approximate surface area is 205 Å². The number of benzene rings is 1. The first-order valence-electron chi connectivity index (χ1n) is 10.7. The van der Waals surface area contributed by atoms with E-state index >= 15 is 0 Å². The minimum absolute atomic E-state index is 0.00650. The van der Waals surface area contributed by atoms with Gasteiger partial charge in [0.2, 0.25) is 5.91 Å². The lowest BCUT2D eigenvalue weighted by Gasteiger charge is -2.33. The van der Waals surface area contributed by atoms with Gasteiger partial charge in [0.15, 0.2) is 0 Å². The van der Waals surface area contributed by atoms with E-state index in [1.54, 1.807) is 0 Å². The Balaban J connectivity index is 2.17. The highest BCUT2D eigenvalue weighted by molar-refractivity contribution is 7.92. The van der Waals surface area contributed by atoms with Crippen LogP contribution in [0.15, 0.2) is 44.1 Å². The molecule has 198 valence electrons. The average Bonchev–Trinajstić information content (AvgIpc) is 2.78. The minimum Gasteiger partial charge on any atom is -0.480 e. The number of alkyl halides is 3. The molecule has 0 bridgehead atoms. The predicted molar refractivity (Wildman–Crippen MR) is 127 cm³/mol. The normalized spacial score (nSPS) is 22.3. The summed E-state index contributed by atoms with van der Waals surface area (Å²) in [6, 6.07) is 3.18. The van der Waals surface area contributed by atoms with Gasteiger partial charge in [0.25, 0.3) is 9.84 Å². The van der Waals surface area contributed by atoms with Crippen LogP contribution in [0.1, 0.15) is 19.3 Å². The topological polar surface area (TPSA) is 190 Å². The van der Waals surface area contributed by atoms with Crippen molar-refractivity contribution in [2.24, 2.45) is 38.3 Å².